The number of aromatic nitrogens is 1. The maximum atomic E-state index is 13.6. The van der Waals surface area contributed by atoms with Crippen LogP contribution in [-0.2, 0) is 26.2 Å². The Balaban J connectivity index is 1.84. The lowest BCUT2D eigenvalue weighted by atomic mass is 10.00. The number of pyridine rings is 1. The minimum absolute atomic E-state index is 0.0407. The first-order valence-corrected chi connectivity index (χ1v) is 16.6. The third-order valence-electron chi connectivity index (χ3n) is 7.06. The van der Waals surface area contributed by atoms with Crippen molar-refractivity contribution in [2.75, 3.05) is 19.6 Å². The number of hydrogen-bond acceptors (Lipinski definition) is 7. The fraction of sp³-hybridized carbons (Fsp3) is 0.438. The van der Waals surface area contributed by atoms with Crippen LogP contribution in [0.2, 0.25) is 0 Å². The third kappa shape index (κ3) is 11.2. The van der Waals surface area contributed by atoms with Crippen LogP contribution in [0.5, 0.6) is 0 Å². The van der Waals surface area contributed by atoms with E-state index >= 15 is 0 Å². The van der Waals surface area contributed by atoms with Crippen LogP contribution < -0.4 is 21.1 Å². The highest BCUT2D eigenvalue weighted by Crippen LogP contribution is 2.14. The van der Waals surface area contributed by atoms with Crippen LogP contribution in [0.25, 0.3) is 10.9 Å². The largest absolute Gasteiger partial charge is 0.390 e. The molecule has 12 nitrogen and oxygen atoms in total. The number of nitrogens with zero attached hydrogens (tertiary/aromatic N) is 2. The molecule has 0 aliphatic rings. The lowest BCUT2D eigenvalue weighted by molar-refractivity contribution is -0.128. The highest BCUT2D eigenvalue weighted by molar-refractivity contribution is 7.87. The fourth-order valence-corrected chi connectivity index (χ4v) is 6.18. The molecule has 0 radical (unpaired) electrons. The summed E-state index contributed by atoms with van der Waals surface area (Å²) < 4.78 is 30.1. The first-order valence-electron chi connectivity index (χ1n) is 15.1. The first kappa shape index (κ1) is 35.6. The molecular weight excluding hydrogens is 596 g/mol. The Morgan fingerprint density at radius 3 is 2.31 bits per heavy atom. The first-order chi connectivity index (χ1) is 21.4. The minimum Gasteiger partial charge on any atom is -0.390 e. The Morgan fingerprint density at radius 2 is 1.64 bits per heavy atom. The molecule has 45 heavy (non-hydrogen) atoms. The predicted molar refractivity (Wildman–Crippen MR) is 173 cm³/mol. The van der Waals surface area contributed by atoms with Gasteiger partial charge < -0.3 is 21.5 Å². The van der Waals surface area contributed by atoms with E-state index in [9.17, 15) is 27.9 Å². The number of nitrogens with one attached hydrogen (secondary N) is 3. The smallest absolute Gasteiger partial charge is 0.279 e. The molecule has 2 aromatic carbocycles. The van der Waals surface area contributed by atoms with Gasteiger partial charge in [-0.1, -0.05) is 81.8 Å². The Kier molecular flexibility index (Phi) is 13.4. The Hall–Kier alpha value is -3.91. The van der Waals surface area contributed by atoms with Crippen molar-refractivity contribution < 1.29 is 27.9 Å². The molecule has 3 amide bonds. The van der Waals surface area contributed by atoms with Gasteiger partial charge in [-0.3, -0.25) is 14.4 Å². The summed E-state index contributed by atoms with van der Waals surface area (Å²) in [6.45, 7) is 5.79. The Morgan fingerprint density at radius 1 is 0.956 bits per heavy atom. The third-order valence-corrected chi connectivity index (χ3v) is 8.61. The standard InChI is InChI=1S/C32H44N6O6S/c1-4-5-17-34-45(43,44)38(20-22(2)3)21-29(39)27(18-23-11-7-6-8-12-23)36-32(42)28(19-30(33)40)37-31(41)26-16-15-24-13-9-10-14-25(24)35-26/h6-16,22,27-29,34,39H,4-5,17-21H2,1-3H3,(H2,33,40)(H,36,42)(H,37,41)/t27-,28-,29+/m0/s1. The van der Waals surface area contributed by atoms with Crippen LogP contribution in [0.15, 0.2) is 66.7 Å². The number of aliphatic hydroxyl groups excluding tert-OH is 1. The Bertz CT molecular complexity index is 1540. The molecule has 6 N–H and O–H groups in total. The molecule has 0 aliphatic carbocycles. The van der Waals surface area contributed by atoms with E-state index in [1.165, 1.54) is 10.4 Å². The molecule has 0 bridgehead atoms. The van der Waals surface area contributed by atoms with Crippen molar-refractivity contribution in [3.8, 4) is 0 Å². The average Bonchev–Trinajstić information content (AvgIpc) is 2.99. The molecule has 0 saturated carbocycles. The zero-order valence-corrected chi connectivity index (χ0v) is 26.8. The van der Waals surface area contributed by atoms with Crippen molar-refractivity contribution in [3.63, 3.8) is 0 Å². The van der Waals surface area contributed by atoms with Gasteiger partial charge in [-0.2, -0.15) is 12.7 Å². The number of carbonyl (C=O) groups excluding carboxylic acids is 3. The summed E-state index contributed by atoms with van der Waals surface area (Å²) in [6.07, 6.45) is -0.237. The highest BCUT2D eigenvalue weighted by atomic mass is 32.2. The van der Waals surface area contributed by atoms with Gasteiger partial charge in [0, 0.05) is 25.0 Å². The lowest BCUT2D eigenvalue weighted by Gasteiger charge is -2.31. The minimum atomic E-state index is -3.93. The molecule has 0 saturated heterocycles. The van der Waals surface area contributed by atoms with Crippen LogP contribution in [0.1, 0.15) is 56.1 Å². The number of fused-ring (bicyclic) bond motifs is 1. The second-order valence-corrected chi connectivity index (χ2v) is 13.2. The van der Waals surface area contributed by atoms with Crippen LogP contribution in [0.4, 0.5) is 0 Å². The fourth-order valence-electron chi connectivity index (χ4n) is 4.75. The second kappa shape index (κ2) is 17.0. The van der Waals surface area contributed by atoms with Gasteiger partial charge in [0.05, 0.1) is 24.1 Å². The van der Waals surface area contributed by atoms with E-state index in [-0.39, 0.29) is 37.7 Å². The van der Waals surface area contributed by atoms with E-state index in [1.807, 2.05) is 51.1 Å². The zero-order chi connectivity index (χ0) is 33.0. The van der Waals surface area contributed by atoms with Crippen LogP contribution >= 0.6 is 0 Å². The highest BCUT2D eigenvalue weighted by Gasteiger charge is 2.32. The topological polar surface area (TPSA) is 184 Å². The second-order valence-electron chi connectivity index (χ2n) is 11.4. The van der Waals surface area contributed by atoms with E-state index in [4.69, 9.17) is 5.73 Å². The number of aliphatic hydroxyl groups is 1. The van der Waals surface area contributed by atoms with Gasteiger partial charge in [-0.25, -0.2) is 9.71 Å². The van der Waals surface area contributed by atoms with Gasteiger partial charge >= 0.3 is 0 Å². The number of unbranched alkanes of at least 4 members (excludes halogenated alkanes) is 1. The van der Waals surface area contributed by atoms with Gasteiger partial charge in [0.2, 0.25) is 11.8 Å². The number of rotatable bonds is 18. The molecule has 0 unspecified atom stereocenters. The molecule has 0 fully saturated rings. The van der Waals surface area contributed by atoms with Crippen molar-refractivity contribution in [1.29, 1.82) is 0 Å². The molecular formula is C32H44N6O6S. The van der Waals surface area contributed by atoms with E-state index in [1.54, 1.807) is 30.3 Å². The van der Waals surface area contributed by atoms with E-state index in [0.717, 1.165) is 17.4 Å². The Labute approximate surface area is 265 Å². The summed E-state index contributed by atoms with van der Waals surface area (Å²) in [7, 11) is -3.93. The summed E-state index contributed by atoms with van der Waals surface area (Å²) in [5.74, 6) is -2.31. The monoisotopic (exact) mass is 640 g/mol. The van der Waals surface area contributed by atoms with E-state index in [2.05, 4.69) is 20.3 Å². The zero-order valence-electron chi connectivity index (χ0n) is 26.0. The van der Waals surface area contributed by atoms with Crippen molar-refractivity contribution in [3.05, 3.63) is 78.0 Å². The number of amides is 3. The summed E-state index contributed by atoms with van der Waals surface area (Å²) in [4.78, 5) is 43.0. The average molecular weight is 641 g/mol. The maximum absolute atomic E-state index is 13.6. The van der Waals surface area contributed by atoms with Gasteiger partial charge in [0.15, 0.2) is 0 Å². The summed E-state index contributed by atoms with van der Waals surface area (Å²) >= 11 is 0. The van der Waals surface area contributed by atoms with Crippen LogP contribution in [-0.4, -0.2) is 78.4 Å². The number of para-hydroxylation sites is 1. The molecule has 3 aromatic rings. The molecule has 3 atom stereocenters. The SMILES string of the molecule is CCCCNS(=O)(=O)N(CC(C)C)C[C@@H](O)[C@H](Cc1ccccc1)NC(=O)[C@H](CC(N)=O)NC(=O)c1ccc2ccccc2n1. The molecule has 3 rings (SSSR count). The molecule has 244 valence electrons. The van der Waals surface area contributed by atoms with Gasteiger partial charge in [0.1, 0.15) is 11.7 Å². The summed E-state index contributed by atoms with van der Waals surface area (Å²) in [5, 5.41) is 17.5. The number of primary amides is 1. The summed E-state index contributed by atoms with van der Waals surface area (Å²) in [6, 6.07) is 17.2. The normalized spacial score (nSPS) is 13.8. The number of nitrogens with two attached hydrogens (primary N) is 1. The maximum Gasteiger partial charge on any atom is 0.279 e. The van der Waals surface area contributed by atoms with Crippen LogP contribution in [0, 0.1) is 5.92 Å². The van der Waals surface area contributed by atoms with Crippen molar-refractivity contribution in [1.82, 2.24) is 24.6 Å². The lowest BCUT2D eigenvalue weighted by Crippen LogP contribution is -2.57. The van der Waals surface area contributed by atoms with Crippen molar-refractivity contribution in [2.45, 2.75) is 64.6 Å². The predicted octanol–water partition coefficient (Wildman–Crippen LogP) is 1.89. The van der Waals surface area contributed by atoms with Crippen LogP contribution in [0.3, 0.4) is 0 Å². The molecule has 0 aliphatic heterocycles. The van der Waals surface area contributed by atoms with Gasteiger partial charge in [0.25, 0.3) is 16.1 Å². The van der Waals surface area contributed by atoms with Gasteiger partial charge in [-0.15, -0.1) is 0 Å². The van der Waals surface area contributed by atoms with Crippen molar-refractivity contribution >= 4 is 38.8 Å². The number of benzene rings is 2. The molecule has 13 heteroatoms. The molecule has 1 aromatic heterocycles. The molecule has 1 heterocycles. The van der Waals surface area contributed by atoms with Crippen molar-refractivity contribution in [2.24, 2.45) is 11.7 Å². The number of carbonyl (C=O) groups is 3. The quantitative estimate of drug-likeness (QED) is 0.132. The van der Waals surface area contributed by atoms with E-state index in [0.29, 0.717) is 11.9 Å². The van der Waals surface area contributed by atoms with E-state index < -0.39 is 52.5 Å². The summed E-state index contributed by atoms with van der Waals surface area (Å²) in [5.41, 5.74) is 6.83. The van der Waals surface area contributed by atoms with Gasteiger partial charge in [-0.05, 0) is 36.5 Å². The molecule has 0 spiro atoms. The number of hydrogen-bond donors (Lipinski definition) is 5.